The maximum Gasteiger partial charge on any atom is 0.0812 e. The predicted octanol–water partition coefficient (Wildman–Crippen LogP) is 3.06. The van der Waals surface area contributed by atoms with Crippen LogP contribution in [0.5, 0.6) is 0 Å². The van der Waals surface area contributed by atoms with Crippen LogP contribution in [0, 0.1) is 0 Å². The largest absolute Gasteiger partial charge is 0.366 e. The van der Waals surface area contributed by atoms with Gasteiger partial charge in [-0.2, -0.15) is 0 Å². The number of hydrogen-bond acceptors (Lipinski definition) is 2. The summed E-state index contributed by atoms with van der Waals surface area (Å²) in [7, 11) is 2.20. The summed E-state index contributed by atoms with van der Waals surface area (Å²) in [6.07, 6.45) is 0. The average molecular weight is 213 g/mol. The van der Waals surface area contributed by atoms with Crippen LogP contribution >= 0.6 is 0 Å². The van der Waals surface area contributed by atoms with E-state index in [1.165, 1.54) is 0 Å². The lowest BCUT2D eigenvalue weighted by molar-refractivity contribution is -0.285. The predicted molar refractivity (Wildman–Crippen MR) is 65.2 cm³/mol. The standard InChI is InChI=1S/C13H27NO/c1-10(2)12(5,6)15-13(7,8)11(3,4)14(10)9/h1-9H3. The van der Waals surface area contributed by atoms with Gasteiger partial charge in [0.2, 0.25) is 0 Å². The molecule has 0 atom stereocenters. The van der Waals surface area contributed by atoms with Gasteiger partial charge in [0.05, 0.1) is 11.2 Å². The molecule has 1 heterocycles. The second kappa shape index (κ2) is 2.98. The molecule has 1 saturated heterocycles. The van der Waals surface area contributed by atoms with Gasteiger partial charge in [0, 0.05) is 11.1 Å². The van der Waals surface area contributed by atoms with E-state index in [2.05, 4.69) is 67.3 Å². The van der Waals surface area contributed by atoms with Crippen LogP contribution in [-0.4, -0.2) is 34.2 Å². The van der Waals surface area contributed by atoms with Crippen LogP contribution in [0.1, 0.15) is 55.4 Å². The van der Waals surface area contributed by atoms with Crippen molar-refractivity contribution in [2.75, 3.05) is 7.05 Å². The van der Waals surface area contributed by atoms with E-state index in [-0.39, 0.29) is 22.3 Å². The minimum absolute atomic E-state index is 0.0337. The van der Waals surface area contributed by atoms with E-state index in [0.29, 0.717) is 0 Å². The fourth-order valence-corrected chi connectivity index (χ4v) is 2.39. The zero-order valence-electron chi connectivity index (χ0n) is 11.9. The molecule has 1 aliphatic rings. The first-order chi connectivity index (χ1) is 6.36. The van der Waals surface area contributed by atoms with Crippen molar-refractivity contribution in [1.82, 2.24) is 4.90 Å². The molecule has 0 aromatic carbocycles. The van der Waals surface area contributed by atoms with Crippen molar-refractivity contribution in [3.8, 4) is 0 Å². The Morgan fingerprint density at radius 3 is 1.20 bits per heavy atom. The highest BCUT2D eigenvalue weighted by molar-refractivity contribution is 5.11. The fraction of sp³-hybridized carbons (Fsp3) is 1.00. The van der Waals surface area contributed by atoms with Crippen LogP contribution in [0.25, 0.3) is 0 Å². The number of rotatable bonds is 0. The minimum Gasteiger partial charge on any atom is -0.366 e. The molecule has 0 amide bonds. The van der Waals surface area contributed by atoms with Crippen molar-refractivity contribution in [2.45, 2.75) is 77.7 Å². The third kappa shape index (κ3) is 1.53. The molecule has 0 radical (unpaired) electrons. The van der Waals surface area contributed by atoms with E-state index in [9.17, 15) is 0 Å². The van der Waals surface area contributed by atoms with E-state index < -0.39 is 0 Å². The molecular weight excluding hydrogens is 186 g/mol. The molecule has 0 unspecified atom stereocenters. The van der Waals surface area contributed by atoms with Crippen molar-refractivity contribution in [2.24, 2.45) is 0 Å². The summed E-state index contributed by atoms with van der Waals surface area (Å²) in [5.41, 5.74) is -0.209. The first-order valence-corrected chi connectivity index (χ1v) is 5.80. The van der Waals surface area contributed by atoms with E-state index >= 15 is 0 Å². The van der Waals surface area contributed by atoms with Crippen molar-refractivity contribution >= 4 is 0 Å². The lowest BCUT2D eigenvalue weighted by Crippen LogP contribution is -2.76. The Hall–Kier alpha value is -0.0800. The highest BCUT2D eigenvalue weighted by Gasteiger charge is 2.58. The van der Waals surface area contributed by atoms with Gasteiger partial charge in [-0.05, 0) is 62.4 Å². The van der Waals surface area contributed by atoms with E-state index in [0.717, 1.165) is 0 Å². The Balaban J connectivity index is 3.24. The van der Waals surface area contributed by atoms with Crippen molar-refractivity contribution in [3.63, 3.8) is 0 Å². The third-order valence-corrected chi connectivity index (χ3v) is 5.13. The average Bonchev–Trinajstić information content (AvgIpc) is 1.98. The summed E-state index contributed by atoms with van der Waals surface area (Å²) in [6, 6.07) is 0. The first-order valence-electron chi connectivity index (χ1n) is 5.80. The molecule has 2 nitrogen and oxygen atoms in total. The lowest BCUT2D eigenvalue weighted by atomic mass is 9.72. The molecule has 0 spiro atoms. The molecule has 2 heteroatoms. The Labute approximate surface area is 95.0 Å². The van der Waals surface area contributed by atoms with Crippen LogP contribution in [0.4, 0.5) is 0 Å². The molecule has 0 aliphatic carbocycles. The monoisotopic (exact) mass is 213 g/mol. The van der Waals surface area contributed by atoms with Crippen molar-refractivity contribution in [3.05, 3.63) is 0 Å². The molecule has 0 N–H and O–H groups in total. The van der Waals surface area contributed by atoms with Gasteiger partial charge >= 0.3 is 0 Å². The Morgan fingerprint density at radius 1 is 0.667 bits per heavy atom. The van der Waals surface area contributed by atoms with Gasteiger partial charge in [0.1, 0.15) is 0 Å². The molecule has 1 rings (SSSR count). The lowest BCUT2D eigenvalue weighted by Gasteiger charge is -2.65. The molecular formula is C13H27NO. The van der Waals surface area contributed by atoms with Gasteiger partial charge in [0.25, 0.3) is 0 Å². The molecule has 0 bridgehead atoms. The maximum atomic E-state index is 6.32. The number of nitrogens with zero attached hydrogens (tertiary/aromatic N) is 1. The number of morpholine rings is 1. The summed E-state index contributed by atoms with van der Waals surface area (Å²) >= 11 is 0. The second-order valence-electron chi connectivity index (χ2n) is 6.80. The van der Waals surface area contributed by atoms with Crippen LogP contribution in [0.3, 0.4) is 0 Å². The van der Waals surface area contributed by atoms with Crippen LogP contribution < -0.4 is 0 Å². The number of likely N-dealkylation sites (N-methyl/N-ethyl adjacent to an activating group) is 1. The minimum atomic E-state index is -0.138. The highest BCUT2D eigenvalue weighted by Crippen LogP contribution is 2.48. The van der Waals surface area contributed by atoms with Gasteiger partial charge in [-0.15, -0.1) is 0 Å². The molecule has 1 aliphatic heterocycles. The summed E-state index contributed by atoms with van der Waals surface area (Å²) < 4.78 is 6.32. The van der Waals surface area contributed by atoms with Gasteiger partial charge in [-0.1, -0.05) is 0 Å². The molecule has 0 aromatic heterocycles. The van der Waals surface area contributed by atoms with Crippen molar-refractivity contribution in [1.29, 1.82) is 0 Å². The second-order valence-corrected chi connectivity index (χ2v) is 6.80. The Bertz CT molecular complexity index is 238. The van der Waals surface area contributed by atoms with E-state index in [1.807, 2.05) is 0 Å². The molecule has 1 fully saturated rings. The molecule has 0 aromatic rings. The van der Waals surface area contributed by atoms with Gasteiger partial charge in [0.15, 0.2) is 0 Å². The van der Waals surface area contributed by atoms with Gasteiger partial charge in [-0.3, -0.25) is 4.90 Å². The highest BCUT2D eigenvalue weighted by atomic mass is 16.5. The van der Waals surface area contributed by atoms with Crippen LogP contribution in [0.2, 0.25) is 0 Å². The zero-order chi connectivity index (χ0) is 12.3. The summed E-state index contributed by atoms with van der Waals surface area (Å²) in [4.78, 5) is 2.45. The number of hydrogen-bond donors (Lipinski definition) is 0. The van der Waals surface area contributed by atoms with Gasteiger partial charge < -0.3 is 4.74 Å². The topological polar surface area (TPSA) is 12.5 Å². The molecule has 15 heavy (non-hydrogen) atoms. The smallest absolute Gasteiger partial charge is 0.0812 e. The molecule has 0 saturated carbocycles. The summed E-state index contributed by atoms with van der Waals surface area (Å²) in [5.74, 6) is 0. The Morgan fingerprint density at radius 2 is 0.933 bits per heavy atom. The van der Waals surface area contributed by atoms with Gasteiger partial charge in [-0.25, -0.2) is 0 Å². The summed E-state index contributed by atoms with van der Waals surface area (Å²) in [5, 5.41) is 0. The quantitative estimate of drug-likeness (QED) is 0.613. The van der Waals surface area contributed by atoms with Crippen molar-refractivity contribution < 1.29 is 4.74 Å². The first kappa shape index (κ1) is 13.0. The van der Waals surface area contributed by atoms with E-state index in [1.54, 1.807) is 0 Å². The maximum absolute atomic E-state index is 6.32. The zero-order valence-corrected chi connectivity index (χ0v) is 11.9. The number of ether oxygens (including phenoxy) is 1. The van der Waals surface area contributed by atoms with E-state index in [4.69, 9.17) is 4.74 Å². The SMILES string of the molecule is CN1C(C)(C)C(C)(C)OC(C)(C)C1(C)C. The Kier molecular flexibility index (Phi) is 2.58. The van der Waals surface area contributed by atoms with Crippen LogP contribution in [-0.2, 0) is 4.74 Å². The third-order valence-electron chi connectivity index (χ3n) is 5.13. The van der Waals surface area contributed by atoms with Crippen LogP contribution in [0.15, 0.2) is 0 Å². The molecule has 90 valence electrons. The fourth-order valence-electron chi connectivity index (χ4n) is 2.39. The normalized spacial score (nSPS) is 32.6. The summed E-state index contributed by atoms with van der Waals surface area (Å²) in [6.45, 7) is 17.7.